The van der Waals surface area contributed by atoms with Gasteiger partial charge < -0.3 is 20.8 Å². The van der Waals surface area contributed by atoms with Crippen LogP contribution in [0.2, 0.25) is 10.0 Å². The zero-order chi connectivity index (χ0) is 20.6. The van der Waals surface area contributed by atoms with Crippen molar-refractivity contribution in [1.29, 1.82) is 0 Å². The third-order valence-corrected chi connectivity index (χ3v) is 6.75. The second kappa shape index (κ2) is 7.98. The Bertz CT molecular complexity index is 1020. The predicted octanol–water partition coefficient (Wildman–Crippen LogP) is 3.88. The maximum Gasteiger partial charge on any atom is 0.269 e. The van der Waals surface area contributed by atoms with E-state index in [9.17, 15) is 0 Å². The molecule has 2 aromatic heterocycles. The smallest absolute Gasteiger partial charge is 0.269 e. The van der Waals surface area contributed by atoms with Crippen LogP contribution < -0.4 is 16.4 Å². The number of nitrogens with two attached hydrogens (primary N) is 2. The van der Waals surface area contributed by atoms with Crippen LogP contribution in [0.25, 0.3) is 11.6 Å². The van der Waals surface area contributed by atoms with Crippen molar-refractivity contribution in [2.24, 2.45) is 5.73 Å². The van der Waals surface area contributed by atoms with E-state index in [-0.39, 0.29) is 17.2 Å². The number of hydrogen-bond acceptors (Lipinski definition) is 9. The van der Waals surface area contributed by atoms with Crippen molar-refractivity contribution in [2.45, 2.75) is 35.2 Å². The van der Waals surface area contributed by atoms with E-state index in [0.717, 1.165) is 30.8 Å². The molecule has 4 rings (SSSR count). The Labute approximate surface area is 182 Å². The molecular weight excluding hydrogens is 433 g/mol. The van der Waals surface area contributed by atoms with Gasteiger partial charge in [-0.15, -0.1) is 10.2 Å². The van der Waals surface area contributed by atoms with E-state index in [0.29, 0.717) is 26.6 Å². The van der Waals surface area contributed by atoms with Crippen molar-refractivity contribution in [3.8, 4) is 11.6 Å². The van der Waals surface area contributed by atoms with E-state index in [1.54, 1.807) is 6.07 Å². The van der Waals surface area contributed by atoms with Crippen molar-refractivity contribution in [3.05, 3.63) is 34.6 Å². The maximum absolute atomic E-state index is 6.31. The monoisotopic (exact) mass is 451 g/mol. The van der Waals surface area contributed by atoms with Crippen LogP contribution in [-0.2, 0) is 0 Å². The van der Waals surface area contributed by atoms with E-state index >= 15 is 0 Å². The normalized spacial score (nSPS) is 16.2. The summed E-state index contributed by atoms with van der Waals surface area (Å²) in [5, 5.41) is 9.15. The number of aromatic nitrogens is 4. The van der Waals surface area contributed by atoms with Gasteiger partial charge in [0.25, 0.3) is 5.89 Å². The number of hydrogen-bond donors (Lipinski definition) is 2. The SMILES string of the molecule is CC1(N)CCN(c2nc(N)c(Sc3cccc(Cl)c3Cl)nc2-c2nnco2)CC1. The summed E-state index contributed by atoms with van der Waals surface area (Å²) < 4.78 is 5.41. The van der Waals surface area contributed by atoms with Gasteiger partial charge in [0.2, 0.25) is 6.39 Å². The fourth-order valence-electron chi connectivity index (χ4n) is 3.04. The summed E-state index contributed by atoms with van der Waals surface area (Å²) >= 11 is 13.7. The van der Waals surface area contributed by atoms with E-state index in [2.05, 4.69) is 27.0 Å². The average molecular weight is 452 g/mol. The van der Waals surface area contributed by atoms with E-state index in [1.165, 1.54) is 18.2 Å². The molecule has 1 aromatic carbocycles. The van der Waals surface area contributed by atoms with Gasteiger partial charge in [0.15, 0.2) is 17.3 Å². The minimum Gasteiger partial charge on any atom is -0.422 e. The molecule has 0 unspecified atom stereocenters. The molecule has 4 N–H and O–H groups in total. The molecule has 1 fully saturated rings. The van der Waals surface area contributed by atoms with Crippen LogP contribution in [0.15, 0.2) is 38.9 Å². The first-order valence-electron chi connectivity index (χ1n) is 8.94. The molecule has 1 saturated heterocycles. The number of anilines is 2. The van der Waals surface area contributed by atoms with Crippen LogP contribution in [0, 0.1) is 0 Å². The van der Waals surface area contributed by atoms with E-state index in [4.69, 9.17) is 44.1 Å². The van der Waals surface area contributed by atoms with Crippen LogP contribution in [0.1, 0.15) is 19.8 Å². The van der Waals surface area contributed by atoms with Gasteiger partial charge in [-0.1, -0.05) is 41.0 Å². The number of nitrogen functional groups attached to an aromatic ring is 1. The molecule has 3 aromatic rings. The highest BCUT2D eigenvalue weighted by Crippen LogP contribution is 2.40. The molecule has 8 nitrogen and oxygen atoms in total. The predicted molar refractivity (Wildman–Crippen MR) is 114 cm³/mol. The third-order valence-electron chi connectivity index (χ3n) is 4.76. The Balaban J connectivity index is 1.74. The summed E-state index contributed by atoms with van der Waals surface area (Å²) in [7, 11) is 0. The lowest BCUT2D eigenvalue weighted by molar-refractivity contribution is 0.363. The summed E-state index contributed by atoms with van der Waals surface area (Å²) in [6, 6.07) is 5.37. The summed E-state index contributed by atoms with van der Waals surface area (Å²) in [6.45, 7) is 3.52. The van der Waals surface area contributed by atoms with Crippen LogP contribution in [0.5, 0.6) is 0 Å². The molecule has 0 radical (unpaired) electrons. The first kappa shape index (κ1) is 20.2. The maximum atomic E-state index is 6.31. The fourth-order valence-corrected chi connectivity index (χ4v) is 4.35. The first-order chi connectivity index (χ1) is 13.8. The average Bonchev–Trinajstić information content (AvgIpc) is 3.21. The van der Waals surface area contributed by atoms with Crippen LogP contribution >= 0.6 is 35.0 Å². The van der Waals surface area contributed by atoms with E-state index in [1.807, 2.05) is 12.1 Å². The van der Waals surface area contributed by atoms with Gasteiger partial charge in [0.05, 0.1) is 10.0 Å². The van der Waals surface area contributed by atoms with Gasteiger partial charge in [0, 0.05) is 23.5 Å². The molecule has 152 valence electrons. The van der Waals surface area contributed by atoms with E-state index < -0.39 is 0 Å². The lowest BCUT2D eigenvalue weighted by Crippen LogP contribution is -2.48. The van der Waals surface area contributed by atoms with Crippen molar-refractivity contribution < 1.29 is 4.42 Å². The Morgan fingerprint density at radius 2 is 1.97 bits per heavy atom. The lowest BCUT2D eigenvalue weighted by Gasteiger charge is -2.37. The Morgan fingerprint density at radius 3 is 2.66 bits per heavy atom. The number of rotatable bonds is 4. The zero-order valence-electron chi connectivity index (χ0n) is 15.6. The number of nitrogens with zero attached hydrogens (tertiary/aromatic N) is 5. The molecule has 29 heavy (non-hydrogen) atoms. The van der Waals surface area contributed by atoms with Gasteiger partial charge in [-0.25, -0.2) is 9.97 Å². The lowest BCUT2D eigenvalue weighted by atomic mass is 9.91. The molecule has 1 aliphatic rings. The van der Waals surface area contributed by atoms with Crippen molar-refractivity contribution in [1.82, 2.24) is 20.2 Å². The van der Waals surface area contributed by atoms with Crippen LogP contribution in [0.3, 0.4) is 0 Å². The van der Waals surface area contributed by atoms with Crippen LogP contribution in [0.4, 0.5) is 11.6 Å². The third kappa shape index (κ3) is 4.28. The number of benzene rings is 1. The van der Waals surface area contributed by atoms with Gasteiger partial charge in [0.1, 0.15) is 5.03 Å². The molecule has 1 aliphatic heterocycles. The first-order valence-corrected chi connectivity index (χ1v) is 10.5. The molecular formula is C18H19Cl2N7OS. The standard InChI is InChI=1S/C18H19Cl2N7OS/c1-18(22)5-7-27(8-6-18)15-13(16-26-23-9-28-16)24-17(14(21)25-15)29-11-4-2-3-10(19)12(11)20/h2-4,9H,5-8,22H2,1H3,(H2,21,25). The van der Waals surface area contributed by atoms with Gasteiger partial charge in [-0.05, 0) is 31.9 Å². The fraction of sp³-hybridized carbons (Fsp3) is 0.333. The summed E-state index contributed by atoms with van der Waals surface area (Å²) in [4.78, 5) is 12.1. The molecule has 11 heteroatoms. The molecule has 3 heterocycles. The van der Waals surface area contributed by atoms with Gasteiger partial charge >= 0.3 is 0 Å². The van der Waals surface area contributed by atoms with Crippen molar-refractivity contribution >= 4 is 46.6 Å². The van der Waals surface area contributed by atoms with Crippen molar-refractivity contribution in [3.63, 3.8) is 0 Å². The van der Waals surface area contributed by atoms with Crippen molar-refractivity contribution in [2.75, 3.05) is 23.7 Å². The van der Waals surface area contributed by atoms with Crippen LogP contribution in [-0.4, -0.2) is 38.8 Å². The second-order valence-electron chi connectivity index (χ2n) is 7.13. The summed E-state index contributed by atoms with van der Waals surface area (Å²) in [5.41, 5.74) is 12.8. The van der Waals surface area contributed by atoms with Gasteiger partial charge in [-0.2, -0.15) is 0 Å². The summed E-state index contributed by atoms with van der Waals surface area (Å²) in [5.74, 6) is 1.15. The zero-order valence-corrected chi connectivity index (χ0v) is 17.9. The Kier molecular flexibility index (Phi) is 5.56. The van der Waals surface area contributed by atoms with Gasteiger partial charge in [-0.3, -0.25) is 0 Å². The highest BCUT2D eigenvalue weighted by Gasteiger charge is 2.30. The number of halogens is 2. The molecule has 0 saturated carbocycles. The second-order valence-corrected chi connectivity index (χ2v) is 8.94. The quantitative estimate of drug-likeness (QED) is 0.607. The molecule has 0 aliphatic carbocycles. The summed E-state index contributed by atoms with van der Waals surface area (Å²) in [6.07, 6.45) is 2.91. The Hall–Kier alpha value is -2.07. The topological polar surface area (TPSA) is 120 Å². The molecule has 0 bridgehead atoms. The molecule has 0 amide bonds. The number of piperidine rings is 1. The molecule has 0 atom stereocenters. The minimum atomic E-state index is -0.195. The highest BCUT2D eigenvalue weighted by molar-refractivity contribution is 7.99. The largest absolute Gasteiger partial charge is 0.422 e. The Morgan fingerprint density at radius 1 is 1.21 bits per heavy atom. The minimum absolute atomic E-state index is 0.195. The highest BCUT2D eigenvalue weighted by atomic mass is 35.5. The molecule has 0 spiro atoms.